The quantitative estimate of drug-likeness (QED) is 0.799. The molecule has 1 aliphatic heterocycles. The Bertz CT molecular complexity index is 501. The van der Waals surface area contributed by atoms with E-state index >= 15 is 0 Å². The zero-order valence-corrected chi connectivity index (χ0v) is 12.1. The SMILES string of the molecule is CC(NC(=O)C(=O)N1CCNCC1)c1ccccc1Cl. The molecule has 1 heterocycles. The number of piperazine rings is 1. The maximum atomic E-state index is 12.0. The van der Waals surface area contributed by atoms with E-state index in [1.54, 1.807) is 11.0 Å². The van der Waals surface area contributed by atoms with Crippen LogP contribution in [0.3, 0.4) is 0 Å². The molecule has 0 aromatic heterocycles. The molecule has 2 N–H and O–H groups in total. The second kappa shape index (κ2) is 6.72. The maximum absolute atomic E-state index is 12.0. The summed E-state index contributed by atoms with van der Waals surface area (Å²) in [4.78, 5) is 25.5. The normalized spacial score (nSPS) is 16.6. The van der Waals surface area contributed by atoms with Gasteiger partial charge >= 0.3 is 11.8 Å². The van der Waals surface area contributed by atoms with Gasteiger partial charge in [-0.1, -0.05) is 29.8 Å². The second-order valence-electron chi connectivity index (χ2n) is 4.76. The van der Waals surface area contributed by atoms with Gasteiger partial charge in [0.1, 0.15) is 0 Å². The van der Waals surface area contributed by atoms with Crippen LogP contribution in [0.2, 0.25) is 5.02 Å². The van der Waals surface area contributed by atoms with E-state index in [4.69, 9.17) is 11.6 Å². The van der Waals surface area contributed by atoms with Gasteiger partial charge in [0.05, 0.1) is 6.04 Å². The van der Waals surface area contributed by atoms with Crippen molar-refractivity contribution in [3.63, 3.8) is 0 Å². The first-order valence-electron chi connectivity index (χ1n) is 6.64. The molecule has 1 aromatic rings. The van der Waals surface area contributed by atoms with E-state index in [9.17, 15) is 9.59 Å². The molecule has 1 fully saturated rings. The third-order valence-corrected chi connectivity index (χ3v) is 3.66. The van der Waals surface area contributed by atoms with Gasteiger partial charge in [-0.2, -0.15) is 0 Å². The molecule has 108 valence electrons. The molecule has 0 bridgehead atoms. The van der Waals surface area contributed by atoms with Crippen molar-refractivity contribution in [3.8, 4) is 0 Å². The van der Waals surface area contributed by atoms with Crippen LogP contribution < -0.4 is 10.6 Å². The van der Waals surface area contributed by atoms with Crippen molar-refractivity contribution in [2.75, 3.05) is 26.2 Å². The van der Waals surface area contributed by atoms with Gasteiger partial charge in [0, 0.05) is 31.2 Å². The highest BCUT2D eigenvalue weighted by molar-refractivity contribution is 6.35. The first-order chi connectivity index (χ1) is 9.59. The Kier molecular flexibility index (Phi) is 4.98. The first kappa shape index (κ1) is 14.8. The fourth-order valence-electron chi connectivity index (χ4n) is 2.17. The fraction of sp³-hybridized carbons (Fsp3) is 0.429. The van der Waals surface area contributed by atoms with Crippen LogP contribution in [0.15, 0.2) is 24.3 Å². The summed E-state index contributed by atoms with van der Waals surface area (Å²) in [5.74, 6) is -1.07. The van der Waals surface area contributed by atoms with E-state index < -0.39 is 11.8 Å². The minimum Gasteiger partial charge on any atom is -0.341 e. The molecule has 1 unspecified atom stereocenters. The van der Waals surface area contributed by atoms with Gasteiger partial charge in [-0.3, -0.25) is 9.59 Å². The van der Waals surface area contributed by atoms with Crippen LogP contribution in [0.5, 0.6) is 0 Å². The van der Waals surface area contributed by atoms with Gasteiger partial charge in [0.15, 0.2) is 0 Å². The summed E-state index contributed by atoms with van der Waals surface area (Å²) in [6.45, 7) is 4.38. The highest BCUT2D eigenvalue weighted by Crippen LogP contribution is 2.21. The Morgan fingerprint density at radius 1 is 1.30 bits per heavy atom. The van der Waals surface area contributed by atoms with E-state index in [0.717, 1.165) is 18.7 Å². The second-order valence-corrected chi connectivity index (χ2v) is 5.17. The van der Waals surface area contributed by atoms with E-state index in [0.29, 0.717) is 18.1 Å². The number of hydrogen-bond donors (Lipinski definition) is 2. The zero-order valence-electron chi connectivity index (χ0n) is 11.4. The van der Waals surface area contributed by atoms with Crippen molar-refractivity contribution in [2.45, 2.75) is 13.0 Å². The molecule has 1 saturated heterocycles. The lowest BCUT2D eigenvalue weighted by atomic mass is 10.1. The summed E-state index contributed by atoms with van der Waals surface area (Å²) < 4.78 is 0. The molecule has 0 spiro atoms. The van der Waals surface area contributed by atoms with Crippen LogP contribution in [-0.2, 0) is 9.59 Å². The molecular formula is C14H18ClN3O2. The monoisotopic (exact) mass is 295 g/mol. The van der Waals surface area contributed by atoms with Crippen LogP contribution in [0.4, 0.5) is 0 Å². The van der Waals surface area contributed by atoms with Gasteiger partial charge in [0.2, 0.25) is 0 Å². The Balaban J connectivity index is 1.97. The molecule has 1 aromatic carbocycles. The molecule has 2 amide bonds. The molecule has 1 aliphatic rings. The van der Waals surface area contributed by atoms with Crippen molar-refractivity contribution >= 4 is 23.4 Å². The lowest BCUT2D eigenvalue weighted by molar-refractivity contribution is -0.146. The molecule has 0 radical (unpaired) electrons. The smallest absolute Gasteiger partial charge is 0.311 e. The number of rotatable bonds is 2. The van der Waals surface area contributed by atoms with Gasteiger partial charge in [-0.15, -0.1) is 0 Å². The number of nitrogens with one attached hydrogen (secondary N) is 2. The third-order valence-electron chi connectivity index (χ3n) is 3.32. The Morgan fingerprint density at radius 3 is 2.60 bits per heavy atom. The van der Waals surface area contributed by atoms with Crippen LogP contribution >= 0.6 is 11.6 Å². The Hall–Kier alpha value is -1.59. The van der Waals surface area contributed by atoms with E-state index in [1.807, 2.05) is 25.1 Å². The molecule has 0 saturated carbocycles. The Labute approximate surface area is 123 Å². The summed E-state index contributed by atoms with van der Waals surface area (Å²) in [6, 6.07) is 6.97. The molecule has 5 nitrogen and oxygen atoms in total. The van der Waals surface area contributed by atoms with Crippen molar-refractivity contribution < 1.29 is 9.59 Å². The molecular weight excluding hydrogens is 278 g/mol. The number of hydrogen-bond acceptors (Lipinski definition) is 3. The number of benzene rings is 1. The molecule has 20 heavy (non-hydrogen) atoms. The molecule has 0 aliphatic carbocycles. The van der Waals surface area contributed by atoms with Gasteiger partial charge in [0.25, 0.3) is 0 Å². The number of nitrogens with zero attached hydrogens (tertiary/aromatic N) is 1. The summed E-state index contributed by atoms with van der Waals surface area (Å²) >= 11 is 6.08. The van der Waals surface area contributed by atoms with E-state index in [-0.39, 0.29) is 6.04 Å². The first-order valence-corrected chi connectivity index (χ1v) is 7.02. The van der Waals surface area contributed by atoms with E-state index in [2.05, 4.69) is 10.6 Å². The van der Waals surface area contributed by atoms with Crippen molar-refractivity contribution in [1.82, 2.24) is 15.5 Å². The van der Waals surface area contributed by atoms with Crippen LogP contribution in [0.25, 0.3) is 0 Å². The lowest BCUT2D eigenvalue weighted by Gasteiger charge is -2.27. The standard InChI is InChI=1S/C14H18ClN3O2/c1-10(11-4-2-3-5-12(11)15)17-13(19)14(20)18-8-6-16-7-9-18/h2-5,10,16H,6-9H2,1H3,(H,17,19). The van der Waals surface area contributed by atoms with Crippen LogP contribution in [0, 0.1) is 0 Å². The molecule has 1 atom stereocenters. The number of carbonyl (C=O) groups excluding carboxylic acids is 2. The average molecular weight is 296 g/mol. The van der Waals surface area contributed by atoms with Gasteiger partial charge < -0.3 is 15.5 Å². The highest BCUT2D eigenvalue weighted by atomic mass is 35.5. The number of amides is 2. The summed E-state index contributed by atoms with van der Waals surface area (Å²) in [7, 11) is 0. The fourth-order valence-corrected chi connectivity index (χ4v) is 2.47. The predicted molar refractivity (Wildman–Crippen MR) is 77.5 cm³/mol. The average Bonchev–Trinajstić information content (AvgIpc) is 2.47. The van der Waals surface area contributed by atoms with Gasteiger partial charge in [-0.25, -0.2) is 0 Å². The van der Waals surface area contributed by atoms with Crippen molar-refractivity contribution in [3.05, 3.63) is 34.9 Å². The number of carbonyl (C=O) groups is 2. The summed E-state index contributed by atoms with van der Waals surface area (Å²) in [5.41, 5.74) is 0.802. The van der Waals surface area contributed by atoms with Gasteiger partial charge in [-0.05, 0) is 18.6 Å². The lowest BCUT2D eigenvalue weighted by Crippen LogP contribution is -2.51. The summed E-state index contributed by atoms with van der Waals surface area (Å²) in [6.07, 6.45) is 0. The molecule has 6 heteroatoms. The number of halogens is 1. The van der Waals surface area contributed by atoms with Crippen molar-refractivity contribution in [1.29, 1.82) is 0 Å². The van der Waals surface area contributed by atoms with Crippen LogP contribution in [-0.4, -0.2) is 42.9 Å². The van der Waals surface area contributed by atoms with E-state index in [1.165, 1.54) is 0 Å². The molecule has 2 rings (SSSR count). The minimum absolute atomic E-state index is 0.303. The van der Waals surface area contributed by atoms with Crippen molar-refractivity contribution in [2.24, 2.45) is 0 Å². The van der Waals surface area contributed by atoms with Crippen LogP contribution in [0.1, 0.15) is 18.5 Å². The minimum atomic E-state index is -0.584. The predicted octanol–water partition coefficient (Wildman–Crippen LogP) is 0.949. The largest absolute Gasteiger partial charge is 0.341 e. The maximum Gasteiger partial charge on any atom is 0.311 e. The summed E-state index contributed by atoms with van der Waals surface area (Å²) in [5, 5.41) is 6.42. The third kappa shape index (κ3) is 3.49. The zero-order chi connectivity index (χ0) is 14.5. The Morgan fingerprint density at radius 2 is 1.95 bits per heavy atom. The topological polar surface area (TPSA) is 61.4 Å². The highest BCUT2D eigenvalue weighted by Gasteiger charge is 2.24.